The summed E-state index contributed by atoms with van der Waals surface area (Å²) < 4.78 is 4.59. The second-order valence-corrected chi connectivity index (χ2v) is 21.7. The Hall–Kier alpha value is -0.901. The molecule has 4 aromatic rings. The summed E-state index contributed by atoms with van der Waals surface area (Å²) in [5.41, 5.74) is 0.823. The van der Waals surface area contributed by atoms with Gasteiger partial charge in [0.2, 0.25) is 0 Å². The molecule has 0 spiro atoms. The quantitative estimate of drug-likeness (QED) is 0.218. The number of hydrogen-bond donors (Lipinski definition) is 0. The Morgan fingerprint density at radius 2 is 0.938 bits per heavy atom. The molecule has 1 radical (unpaired) electrons. The number of benzene rings is 3. The van der Waals surface area contributed by atoms with Crippen molar-refractivity contribution in [2.45, 2.75) is 52.4 Å². The van der Waals surface area contributed by atoms with Gasteiger partial charge in [-0.25, -0.2) is 0 Å². The van der Waals surface area contributed by atoms with Crippen molar-refractivity contribution in [1.29, 1.82) is 0 Å². The van der Waals surface area contributed by atoms with E-state index in [1.807, 2.05) is 0 Å². The number of rotatable bonds is 3. The third-order valence-electron chi connectivity index (χ3n) is 5.05. The molecular weight excluding hydrogens is 548 g/mol. The second-order valence-electron chi connectivity index (χ2n) is 9.98. The van der Waals surface area contributed by atoms with Crippen molar-refractivity contribution in [2.24, 2.45) is 0 Å². The molecule has 4 rings (SSSR count). The van der Waals surface area contributed by atoms with Crippen LogP contribution in [0.1, 0.15) is 51.6 Å². The van der Waals surface area contributed by atoms with Crippen LogP contribution in [0.5, 0.6) is 0 Å². The van der Waals surface area contributed by atoms with Gasteiger partial charge < -0.3 is 0 Å². The number of hydrogen-bond acceptors (Lipinski definition) is 0. The molecule has 3 aromatic carbocycles. The maximum atomic E-state index is 2.34. The molecule has 0 saturated heterocycles. The Morgan fingerprint density at radius 1 is 0.562 bits per heavy atom. The molecule has 165 valence electrons. The summed E-state index contributed by atoms with van der Waals surface area (Å²) in [4.78, 5) is 0. The van der Waals surface area contributed by atoms with Crippen LogP contribution in [-0.2, 0) is 10.8 Å². The molecule has 1 heterocycles. The molecule has 0 bridgehead atoms. The zero-order valence-electron chi connectivity index (χ0n) is 20.1. The van der Waals surface area contributed by atoms with Crippen molar-refractivity contribution in [2.75, 3.05) is 0 Å². The van der Waals surface area contributed by atoms with Crippen molar-refractivity contribution < 1.29 is 0 Å². The molecule has 1 unspecified atom stereocenters. The van der Waals surface area contributed by atoms with E-state index in [-0.39, 0.29) is 0 Å². The molecule has 0 nitrogen and oxygen atoms in total. The van der Waals surface area contributed by atoms with Gasteiger partial charge in [0.1, 0.15) is 0 Å². The van der Waals surface area contributed by atoms with E-state index >= 15 is 0 Å². The minimum atomic E-state index is -1.98. The molecule has 32 heavy (non-hydrogen) atoms. The normalized spacial score (nSPS) is 12.5. The Labute approximate surface area is 206 Å². The van der Waals surface area contributed by atoms with Crippen LogP contribution in [0.25, 0.3) is 0 Å². The predicted octanol–water partition coefficient (Wildman–Crippen LogP) is 7.68. The maximum absolute atomic E-state index is 2.34. The van der Waals surface area contributed by atoms with Gasteiger partial charge in [0.05, 0.1) is 0 Å². The van der Waals surface area contributed by atoms with E-state index in [2.05, 4.69) is 133 Å². The third-order valence-corrected chi connectivity index (χ3v) is 20.6. The molecule has 1 aromatic heterocycles. The Kier molecular flexibility index (Phi) is 9.23. The summed E-state index contributed by atoms with van der Waals surface area (Å²) in [6.45, 7) is 14.0. The van der Waals surface area contributed by atoms with Gasteiger partial charge in [-0.05, 0) is 18.7 Å². The average molecular weight is 582 g/mol. The van der Waals surface area contributed by atoms with E-state index in [1.54, 1.807) is 26.1 Å². The van der Waals surface area contributed by atoms with E-state index in [4.69, 9.17) is 0 Å². The van der Waals surface area contributed by atoms with Crippen LogP contribution in [0, 0.1) is 0 Å². The first-order valence-electron chi connectivity index (χ1n) is 11.1. The van der Waals surface area contributed by atoms with E-state index in [1.165, 1.54) is 10.7 Å². The van der Waals surface area contributed by atoms with Crippen molar-refractivity contribution in [3.05, 3.63) is 101 Å². The van der Waals surface area contributed by atoms with Gasteiger partial charge in [-0.1, -0.05) is 49.7 Å². The first-order valence-corrected chi connectivity index (χ1v) is 19.0. The molecule has 0 aliphatic heterocycles. The molecule has 4 heteroatoms. The summed E-state index contributed by atoms with van der Waals surface area (Å²) in [6, 6.07) is 32.9. The average Bonchev–Trinajstić information content (AvgIpc) is 3.29. The molecule has 0 amide bonds. The summed E-state index contributed by atoms with van der Waals surface area (Å²) in [6.07, 6.45) is 0. The standard InChI is InChI=1S/C10H19P3.3C6H5.Sn/c1-9(2,3)7-11-8(13-12-7)10(4,5)6;3*1-2-4-6-5-3-1;/h12H,1-6H3;3*1-5H;. The topological polar surface area (TPSA) is 0 Å². The fraction of sp³-hybridized carbons (Fsp3) is 0.286. The van der Waals surface area contributed by atoms with Crippen molar-refractivity contribution in [3.63, 3.8) is 0 Å². The van der Waals surface area contributed by atoms with Gasteiger partial charge in [-0.2, -0.15) is 0 Å². The molecule has 0 aliphatic rings. The molecule has 0 aliphatic carbocycles. The monoisotopic (exact) mass is 583 g/mol. The second kappa shape index (κ2) is 11.5. The third kappa shape index (κ3) is 7.30. The summed E-state index contributed by atoms with van der Waals surface area (Å²) in [5, 5.41) is 3.44. The Morgan fingerprint density at radius 3 is 1.19 bits per heavy atom. The van der Waals surface area contributed by atoms with E-state index in [0.717, 1.165) is 7.87 Å². The van der Waals surface area contributed by atoms with E-state index in [0.29, 0.717) is 10.8 Å². The van der Waals surface area contributed by atoms with Gasteiger partial charge in [0.15, 0.2) is 0 Å². The van der Waals surface area contributed by atoms with Crippen LogP contribution in [-0.4, -0.2) is 19.8 Å². The summed E-state index contributed by atoms with van der Waals surface area (Å²) in [5.74, 6) is 0. The summed E-state index contributed by atoms with van der Waals surface area (Å²) >= 11 is -1.98. The van der Waals surface area contributed by atoms with Crippen LogP contribution in [0.4, 0.5) is 0 Å². The Bertz CT molecular complexity index is 954. The van der Waals surface area contributed by atoms with Crippen molar-refractivity contribution >= 4 is 54.4 Å². The van der Waals surface area contributed by atoms with E-state index in [9.17, 15) is 0 Å². The van der Waals surface area contributed by atoms with Crippen LogP contribution in [0.15, 0.2) is 91.0 Å². The first kappa shape index (κ1) is 25.7. The molecular formula is C28H34P3Sn. The Balaban J connectivity index is 0.000000195. The SMILES string of the molecule is CC(C)(C)c1p[pH]c(C(C)(C)C)p1.c1cc[c]([Sn]([c]2ccccc2)[c]2ccccc2)cc1. The van der Waals surface area contributed by atoms with Gasteiger partial charge in [0, 0.05) is 10.1 Å². The first-order chi connectivity index (χ1) is 15.2. The molecule has 0 saturated carbocycles. The molecule has 0 N–H and O–H groups in total. The van der Waals surface area contributed by atoms with Gasteiger partial charge in [-0.15, -0.1) is 7.87 Å². The van der Waals surface area contributed by atoms with Gasteiger partial charge >= 0.3 is 121 Å². The summed E-state index contributed by atoms with van der Waals surface area (Å²) in [7, 11) is 4.18. The van der Waals surface area contributed by atoms with Crippen LogP contribution >= 0.6 is 23.9 Å². The fourth-order valence-corrected chi connectivity index (χ4v) is 18.1. The van der Waals surface area contributed by atoms with Crippen LogP contribution in [0.3, 0.4) is 0 Å². The zero-order valence-corrected chi connectivity index (χ0v) is 25.7. The van der Waals surface area contributed by atoms with Crippen molar-refractivity contribution in [1.82, 2.24) is 0 Å². The predicted molar refractivity (Wildman–Crippen MR) is 152 cm³/mol. The van der Waals surface area contributed by atoms with Crippen LogP contribution < -0.4 is 10.7 Å². The molecule has 1 atom stereocenters. The fourth-order valence-electron chi connectivity index (χ4n) is 3.25. The van der Waals surface area contributed by atoms with Gasteiger partial charge in [0.25, 0.3) is 0 Å². The zero-order chi connectivity index (χ0) is 23.2. The molecule has 0 fully saturated rings. The van der Waals surface area contributed by atoms with Crippen LogP contribution in [0.2, 0.25) is 0 Å². The van der Waals surface area contributed by atoms with Gasteiger partial charge in [-0.3, -0.25) is 0 Å². The van der Waals surface area contributed by atoms with Crippen molar-refractivity contribution in [3.8, 4) is 0 Å². The van der Waals surface area contributed by atoms with E-state index < -0.39 is 19.8 Å². The minimum absolute atomic E-state index is 0.406.